The second-order valence-electron chi connectivity index (χ2n) is 8.49. The molecule has 1 atom stereocenters. The lowest BCUT2D eigenvalue weighted by Crippen LogP contribution is -2.49. The second-order valence-corrected chi connectivity index (χ2v) is 10.8. The summed E-state index contributed by atoms with van der Waals surface area (Å²) >= 11 is 6.30. The number of nitrogens with zero attached hydrogens (tertiary/aromatic N) is 2. The molecule has 1 unspecified atom stereocenters. The van der Waals surface area contributed by atoms with E-state index >= 15 is 0 Å². The Bertz CT molecular complexity index is 1200. The highest BCUT2D eigenvalue weighted by atomic mass is 35.5. The minimum Gasteiger partial charge on any atom is -0.491 e. The molecule has 3 aromatic carbocycles. The summed E-state index contributed by atoms with van der Waals surface area (Å²) in [5.74, 6) is 0.519. The average Bonchev–Trinajstić information content (AvgIpc) is 2.84. The van der Waals surface area contributed by atoms with E-state index < -0.39 is 15.9 Å². The van der Waals surface area contributed by atoms with Crippen molar-refractivity contribution in [1.29, 1.82) is 0 Å². The lowest BCUT2D eigenvalue weighted by molar-refractivity contribution is 0.0663. The summed E-state index contributed by atoms with van der Waals surface area (Å²) in [6, 6.07) is 20.9. The van der Waals surface area contributed by atoms with Gasteiger partial charge in [-0.2, -0.15) is 0 Å². The fourth-order valence-electron chi connectivity index (χ4n) is 3.99. The molecule has 1 heterocycles. The van der Waals surface area contributed by atoms with E-state index in [-0.39, 0.29) is 28.8 Å². The summed E-state index contributed by atoms with van der Waals surface area (Å²) in [6.45, 7) is 5.90. The van der Waals surface area contributed by atoms with Crippen LogP contribution in [0.25, 0.3) is 0 Å². The minimum absolute atomic E-state index is 0. The van der Waals surface area contributed by atoms with Gasteiger partial charge in [-0.15, -0.1) is 12.4 Å². The molecule has 0 radical (unpaired) electrons. The lowest BCUT2D eigenvalue weighted by atomic mass is 10.2. The van der Waals surface area contributed by atoms with Gasteiger partial charge in [-0.25, -0.2) is 8.42 Å². The van der Waals surface area contributed by atoms with E-state index in [0.29, 0.717) is 12.3 Å². The zero-order valence-electron chi connectivity index (χ0n) is 19.5. The van der Waals surface area contributed by atoms with Gasteiger partial charge in [0.2, 0.25) is 9.84 Å². The standard InChI is InChI=1S/C26H29ClN2O4S.ClH/c1-20-6-10-23(11-7-20)34(31,32)24-12-8-22(9-13-24)33-19-21(30)18-28-14-16-29(17-15-28)26-5-3-2-4-25(26)27;/h2-13,21,30H,14-19H2,1H3;1H. The van der Waals surface area contributed by atoms with Gasteiger partial charge in [0.05, 0.1) is 20.5 Å². The number of hydrogen-bond acceptors (Lipinski definition) is 6. The van der Waals surface area contributed by atoms with Crippen LogP contribution in [0.5, 0.6) is 5.75 Å². The number of sulfone groups is 1. The number of ether oxygens (including phenoxy) is 1. The van der Waals surface area contributed by atoms with Crippen LogP contribution in [-0.4, -0.2) is 63.9 Å². The smallest absolute Gasteiger partial charge is 0.206 e. The number of hydrogen-bond donors (Lipinski definition) is 1. The number of β-amino-alcohol motifs (C(OH)–C–C–N with tert-alkyl or cyclic N) is 1. The van der Waals surface area contributed by atoms with Gasteiger partial charge < -0.3 is 14.7 Å². The monoisotopic (exact) mass is 536 g/mol. The molecule has 35 heavy (non-hydrogen) atoms. The number of piperazine rings is 1. The zero-order chi connectivity index (χ0) is 24.1. The van der Waals surface area contributed by atoms with E-state index in [0.717, 1.165) is 42.5 Å². The van der Waals surface area contributed by atoms with Gasteiger partial charge in [-0.1, -0.05) is 41.4 Å². The van der Waals surface area contributed by atoms with Crippen molar-refractivity contribution < 1.29 is 18.3 Å². The van der Waals surface area contributed by atoms with Gasteiger partial charge in [-0.05, 0) is 55.5 Å². The van der Waals surface area contributed by atoms with Crippen molar-refractivity contribution in [2.75, 3.05) is 44.2 Å². The van der Waals surface area contributed by atoms with Gasteiger partial charge in [0.1, 0.15) is 18.5 Å². The molecule has 4 rings (SSSR count). The molecular formula is C26H30Cl2N2O4S. The Morgan fingerprint density at radius 2 is 1.49 bits per heavy atom. The van der Waals surface area contributed by atoms with Crippen molar-refractivity contribution in [3.8, 4) is 5.75 Å². The van der Waals surface area contributed by atoms with E-state index in [4.69, 9.17) is 16.3 Å². The maximum atomic E-state index is 12.8. The fourth-order valence-corrected chi connectivity index (χ4v) is 5.51. The summed E-state index contributed by atoms with van der Waals surface area (Å²) in [4.78, 5) is 4.93. The molecule has 1 N–H and O–H groups in total. The SMILES string of the molecule is Cc1ccc(S(=O)(=O)c2ccc(OCC(O)CN3CCN(c4ccccc4Cl)CC3)cc2)cc1.Cl. The van der Waals surface area contributed by atoms with E-state index in [9.17, 15) is 13.5 Å². The van der Waals surface area contributed by atoms with Crippen LogP contribution >= 0.6 is 24.0 Å². The molecule has 0 aliphatic carbocycles. The maximum Gasteiger partial charge on any atom is 0.206 e. The van der Waals surface area contributed by atoms with E-state index in [1.807, 2.05) is 31.2 Å². The fraction of sp³-hybridized carbons (Fsp3) is 0.308. The second kappa shape index (κ2) is 12.1. The van der Waals surface area contributed by atoms with E-state index in [1.54, 1.807) is 36.4 Å². The Hall–Kier alpha value is -2.29. The normalized spacial score (nSPS) is 15.3. The van der Waals surface area contributed by atoms with Crippen LogP contribution < -0.4 is 9.64 Å². The van der Waals surface area contributed by atoms with Crippen LogP contribution in [-0.2, 0) is 9.84 Å². The largest absolute Gasteiger partial charge is 0.491 e. The molecule has 1 aliphatic heterocycles. The number of rotatable bonds is 8. The van der Waals surface area contributed by atoms with Gasteiger partial charge in [-0.3, -0.25) is 4.90 Å². The van der Waals surface area contributed by atoms with Gasteiger partial charge >= 0.3 is 0 Å². The Labute approximate surface area is 218 Å². The number of aliphatic hydroxyl groups excluding tert-OH is 1. The summed E-state index contributed by atoms with van der Waals surface area (Å²) in [5.41, 5.74) is 2.05. The molecule has 1 saturated heterocycles. The highest BCUT2D eigenvalue weighted by molar-refractivity contribution is 7.91. The first-order valence-electron chi connectivity index (χ1n) is 11.3. The molecule has 1 aliphatic rings. The summed E-state index contributed by atoms with van der Waals surface area (Å²) in [5, 5.41) is 11.2. The number of aryl methyl sites for hydroxylation is 1. The number of aliphatic hydroxyl groups is 1. The van der Waals surface area contributed by atoms with Gasteiger partial charge in [0, 0.05) is 32.7 Å². The third-order valence-electron chi connectivity index (χ3n) is 5.94. The van der Waals surface area contributed by atoms with Crippen molar-refractivity contribution in [2.24, 2.45) is 0 Å². The minimum atomic E-state index is -3.57. The quantitative estimate of drug-likeness (QED) is 0.458. The summed E-state index contributed by atoms with van der Waals surface area (Å²) in [7, 11) is -3.57. The van der Waals surface area contributed by atoms with Crippen LogP contribution in [0.4, 0.5) is 5.69 Å². The molecule has 188 valence electrons. The predicted molar refractivity (Wildman–Crippen MR) is 142 cm³/mol. The molecule has 0 spiro atoms. The van der Waals surface area contributed by atoms with Crippen LogP contribution in [0.15, 0.2) is 82.6 Å². The van der Waals surface area contributed by atoms with Crippen molar-refractivity contribution in [3.63, 3.8) is 0 Å². The van der Waals surface area contributed by atoms with E-state index in [1.165, 1.54) is 12.1 Å². The summed E-state index contributed by atoms with van der Waals surface area (Å²) < 4.78 is 31.3. The molecule has 3 aromatic rings. The van der Waals surface area contributed by atoms with Gasteiger partial charge in [0.15, 0.2) is 0 Å². The van der Waals surface area contributed by atoms with Gasteiger partial charge in [0.25, 0.3) is 0 Å². The number of anilines is 1. The van der Waals surface area contributed by atoms with Crippen LogP contribution in [0, 0.1) is 6.92 Å². The molecule has 0 amide bonds. The Balaban J connectivity index is 0.00000342. The molecule has 0 bridgehead atoms. The Morgan fingerprint density at radius 1 is 0.914 bits per heavy atom. The zero-order valence-corrected chi connectivity index (χ0v) is 21.9. The molecule has 6 nitrogen and oxygen atoms in total. The third kappa shape index (κ3) is 6.90. The van der Waals surface area contributed by atoms with Crippen molar-refractivity contribution in [3.05, 3.63) is 83.4 Å². The van der Waals surface area contributed by atoms with Crippen LogP contribution in [0.2, 0.25) is 5.02 Å². The van der Waals surface area contributed by atoms with Crippen molar-refractivity contribution in [1.82, 2.24) is 4.90 Å². The first-order chi connectivity index (χ1) is 16.3. The van der Waals surface area contributed by atoms with Crippen molar-refractivity contribution >= 4 is 39.5 Å². The third-order valence-corrected chi connectivity index (χ3v) is 8.05. The van der Waals surface area contributed by atoms with Crippen LogP contribution in [0.3, 0.4) is 0 Å². The van der Waals surface area contributed by atoms with Crippen molar-refractivity contribution in [2.45, 2.75) is 22.8 Å². The number of para-hydroxylation sites is 1. The first kappa shape index (κ1) is 27.3. The molecule has 1 fully saturated rings. The Morgan fingerprint density at radius 3 is 2.09 bits per heavy atom. The van der Waals surface area contributed by atoms with Crippen LogP contribution in [0.1, 0.15) is 5.56 Å². The highest BCUT2D eigenvalue weighted by Crippen LogP contribution is 2.26. The predicted octanol–water partition coefficient (Wildman–Crippen LogP) is 4.46. The molecule has 9 heteroatoms. The summed E-state index contributed by atoms with van der Waals surface area (Å²) in [6.07, 6.45) is -0.650. The average molecular weight is 538 g/mol. The molecular weight excluding hydrogens is 507 g/mol. The first-order valence-corrected chi connectivity index (χ1v) is 13.1. The molecule has 0 aromatic heterocycles. The van der Waals surface area contributed by atoms with E-state index in [2.05, 4.69) is 9.80 Å². The topological polar surface area (TPSA) is 70.1 Å². The maximum absolute atomic E-state index is 12.8. The molecule has 0 saturated carbocycles. The number of halogens is 2. The Kier molecular flexibility index (Phi) is 9.44. The lowest BCUT2D eigenvalue weighted by Gasteiger charge is -2.37. The highest BCUT2D eigenvalue weighted by Gasteiger charge is 2.21. The number of benzene rings is 3.